The lowest BCUT2D eigenvalue weighted by atomic mass is 9.93. The van der Waals surface area contributed by atoms with Crippen LogP contribution in [0, 0.1) is 5.92 Å². The van der Waals surface area contributed by atoms with E-state index in [9.17, 15) is 5.11 Å². The zero-order valence-electron chi connectivity index (χ0n) is 10.4. The number of rotatable bonds is 6. The Bertz CT molecular complexity index is 144. The molecule has 1 aliphatic rings. The second kappa shape index (κ2) is 8.15. The zero-order chi connectivity index (χ0) is 10.9. The largest absolute Gasteiger partial charge is 0.393 e. The summed E-state index contributed by atoms with van der Waals surface area (Å²) < 4.78 is 0. The molecule has 0 saturated heterocycles. The third kappa shape index (κ3) is 6.19. The predicted octanol–water partition coefficient (Wildman–Crippen LogP) is 4.29. The molecule has 0 spiro atoms. The van der Waals surface area contributed by atoms with Crippen LogP contribution in [0.1, 0.15) is 77.6 Å². The van der Waals surface area contributed by atoms with Crippen molar-refractivity contribution in [2.45, 2.75) is 83.7 Å². The van der Waals surface area contributed by atoms with E-state index in [-0.39, 0.29) is 6.10 Å². The van der Waals surface area contributed by atoms with Gasteiger partial charge in [0.1, 0.15) is 0 Å². The second-order valence-electron chi connectivity index (χ2n) is 5.24. The molecule has 1 aliphatic carbocycles. The summed E-state index contributed by atoms with van der Waals surface area (Å²) in [6, 6.07) is 0. The smallest absolute Gasteiger partial charge is 0.0542 e. The van der Waals surface area contributed by atoms with Gasteiger partial charge in [-0.2, -0.15) is 0 Å². The molecular formula is C14H28O. The van der Waals surface area contributed by atoms with Crippen LogP contribution in [-0.2, 0) is 0 Å². The van der Waals surface area contributed by atoms with Crippen LogP contribution in [-0.4, -0.2) is 11.2 Å². The van der Waals surface area contributed by atoms with E-state index < -0.39 is 0 Å². The molecule has 0 radical (unpaired) electrons. The number of aliphatic hydroxyl groups is 1. The topological polar surface area (TPSA) is 20.2 Å². The molecule has 0 aromatic heterocycles. The van der Waals surface area contributed by atoms with Crippen LogP contribution in [0.15, 0.2) is 0 Å². The average molecular weight is 212 g/mol. The van der Waals surface area contributed by atoms with Crippen LogP contribution >= 0.6 is 0 Å². The fourth-order valence-corrected chi connectivity index (χ4v) is 2.73. The standard InChI is InChI=1S/C14H28O/c1-2-3-4-5-6-9-13-10-7-8-11-14(15)12-13/h13-15H,2-12H2,1H3. The molecule has 2 unspecified atom stereocenters. The van der Waals surface area contributed by atoms with Gasteiger partial charge in [-0.3, -0.25) is 0 Å². The maximum Gasteiger partial charge on any atom is 0.0542 e. The molecule has 0 bridgehead atoms. The highest BCUT2D eigenvalue weighted by molar-refractivity contribution is 4.70. The van der Waals surface area contributed by atoms with Crippen LogP contribution in [0.3, 0.4) is 0 Å². The predicted molar refractivity (Wildman–Crippen MR) is 66.0 cm³/mol. The van der Waals surface area contributed by atoms with Crippen molar-refractivity contribution in [3.8, 4) is 0 Å². The van der Waals surface area contributed by atoms with E-state index in [1.54, 1.807) is 0 Å². The quantitative estimate of drug-likeness (QED) is 0.514. The zero-order valence-corrected chi connectivity index (χ0v) is 10.4. The fraction of sp³-hybridized carbons (Fsp3) is 1.00. The number of unbranched alkanes of at least 4 members (excludes halogenated alkanes) is 4. The Labute approximate surface area is 95.3 Å². The Morgan fingerprint density at radius 2 is 1.73 bits per heavy atom. The molecule has 0 heterocycles. The van der Waals surface area contributed by atoms with Crippen molar-refractivity contribution >= 4 is 0 Å². The van der Waals surface area contributed by atoms with E-state index >= 15 is 0 Å². The fourth-order valence-electron chi connectivity index (χ4n) is 2.73. The van der Waals surface area contributed by atoms with Crippen molar-refractivity contribution in [2.24, 2.45) is 5.92 Å². The summed E-state index contributed by atoms with van der Waals surface area (Å²) in [5, 5.41) is 9.70. The normalized spacial score (nSPS) is 27.6. The minimum Gasteiger partial charge on any atom is -0.393 e. The molecule has 1 N–H and O–H groups in total. The molecule has 2 atom stereocenters. The summed E-state index contributed by atoms with van der Waals surface area (Å²) >= 11 is 0. The summed E-state index contributed by atoms with van der Waals surface area (Å²) in [4.78, 5) is 0. The molecule has 1 heteroatoms. The molecule has 1 saturated carbocycles. The molecule has 1 fully saturated rings. The molecule has 90 valence electrons. The van der Waals surface area contributed by atoms with E-state index in [0.717, 1.165) is 18.8 Å². The van der Waals surface area contributed by atoms with Crippen LogP contribution in [0.4, 0.5) is 0 Å². The van der Waals surface area contributed by atoms with Crippen molar-refractivity contribution in [1.82, 2.24) is 0 Å². The highest BCUT2D eigenvalue weighted by Gasteiger charge is 2.17. The Morgan fingerprint density at radius 1 is 1.00 bits per heavy atom. The van der Waals surface area contributed by atoms with E-state index in [4.69, 9.17) is 0 Å². The molecule has 1 rings (SSSR count). The molecule has 0 aliphatic heterocycles. The van der Waals surface area contributed by atoms with Gasteiger partial charge in [-0.05, 0) is 18.8 Å². The molecule has 1 nitrogen and oxygen atoms in total. The Kier molecular flexibility index (Phi) is 7.08. The molecule has 15 heavy (non-hydrogen) atoms. The highest BCUT2D eigenvalue weighted by Crippen LogP contribution is 2.27. The average Bonchev–Trinajstić information content (AvgIpc) is 2.43. The lowest BCUT2D eigenvalue weighted by Gasteiger charge is -2.15. The van der Waals surface area contributed by atoms with E-state index in [1.165, 1.54) is 57.8 Å². The van der Waals surface area contributed by atoms with Crippen molar-refractivity contribution < 1.29 is 5.11 Å². The number of aliphatic hydroxyl groups excluding tert-OH is 1. The van der Waals surface area contributed by atoms with Gasteiger partial charge < -0.3 is 5.11 Å². The minimum atomic E-state index is 0.00754. The third-order valence-electron chi connectivity index (χ3n) is 3.72. The number of hydrogen-bond acceptors (Lipinski definition) is 1. The van der Waals surface area contributed by atoms with Gasteiger partial charge in [0.2, 0.25) is 0 Å². The first-order chi connectivity index (χ1) is 7.33. The summed E-state index contributed by atoms with van der Waals surface area (Å²) in [5.74, 6) is 0.823. The summed E-state index contributed by atoms with van der Waals surface area (Å²) in [5.41, 5.74) is 0. The van der Waals surface area contributed by atoms with Crippen LogP contribution < -0.4 is 0 Å². The molecular weight excluding hydrogens is 184 g/mol. The van der Waals surface area contributed by atoms with Crippen molar-refractivity contribution in [2.75, 3.05) is 0 Å². The summed E-state index contributed by atoms with van der Waals surface area (Å²) in [7, 11) is 0. The van der Waals surface area contributed by atoms with Crippen molar-refractivity contribution in [3.63, 3.8) is 0 Å². The van der Waals surface area contributed by atoms with E-state index in [1.807, 2.05) is 0 Å². The van der Waals surface area contributed by atoms with Gasteiger partial charge in [-0.15, -0.1) is 0 Å². The highest BCUT2D eigenvalue weighted by atomic mass is 16.3. The molecule has 0 aromatic rings. The van der Waals surface area contributed by atoms with Gasteiger partial charge in [-0.25, -0.2) is 0 Å². The maximum atomic E-state index is 9.70. The van der Waals surface area contributed by atoms with Crippen molar-refractivity contribution in [3.05, 3.63) is 0 Å². The van der Waals surface area contributed by atoms with Gasteiger partial charge in [0, 0.05) is 0 Å². The van der Waals surface area contributed by atoms with Crippen LogP contribution in [0.25, 0.3) is 0 Å². The summed E-state index contributed by atoms with van der Waals surface area (Å²) in [6.45, 7) is 2.27. The molecule has 0 aromatic carbocycles. The number of hydrogen-bond donors (Lipinski definition) is 1. The third-order valence-corrected chi connectivity index (χ3v) is 3.72. The van der Waals surface area contributed by atoms with E-state index in [2.05, 4.69) is 6.92 Å². The van der Waals surface area contributed by atoms with Crippen molar-refractivity contribution in [1.29, 1.82) is 0 Å². The van der Waals surface area contributed by atoms with Gasteiger partial charge in [-0.1, -0.05) is 64.7 Å². The van der Waals surface area contributed by atoms with Gasteiger partial charge in [0.15, 0.2) is 0 Å². The van der Waals surface area contributed by atoms with Crippen LogP contribution in [0.5, 0.6) is 0 Å². The van der Waals surface area contributed by atoms with Gasteiger partial charge in [0.25, 0.3) is 0 Å². The Hall–Kier alpha value is -0.0400. The minimum absolute atomic E-state index is 0.00754. The first-order valence-electron chi connectivity index (χ1n) is 7.01. The SMILES string of the molecule is CCCCCCCC1CCCCC(O)C1. The van der Waals surface area contributed by atoms with Gasteiger partial charge >= 0.3 is 0 Å². The Morgan fingerprint density at radius 3 is 2.53 bits per heavy atom. The lowest BCUT2D eigenvalue weighted by Crippen LogP contribution is -2.10. The lowest BCUT2D eigenvalue weighted by molar-refractivity contribution is 0.138. The first-order valence-corrected chi connectivity index (χ1v) is 7.01. The Balaban J connectivity index is 2.03. The first kappa shape index (κ1) is 13.0. The second-order valence-corrected chi connectivity index (χ2v) is 5.24. The van der Waals surface area contributed by atoms with Crippen LogP contribution in [0.2, 0.25) is 0 Å². The van der Waals surface area contributed by atoms with Gasteiger partial charge in [0.05, 0.1) is 6.10 Å². The molecule has 0 amide bonds. The van der Waals surface area contributed by atoms with E-state index in [0.29, 0.717) is 0 Å². The monoisotopic (exact) mass is 212 g/mol. The maximum absolute atomic E-state index is 9.70. The summed E-state index contributed by atoms with van der Waals surface area (Å²) in [6.07, 6.45) is 14.4.